The van der Waals surface area contributed by atoms with Gasteiger partial charge in [-0.1, -0.05) is 0 Å². The number of imidazole rings is 1. The maximum Gasteiger partial charge on any atom is 0.327 e. The van der Waals surface area contributed by atoms with Gasteiger partial charge in [-0.15, -0.1) is 0 Å². The van der Waals surface area contributed by atoms with Crippen LogP contribution in [0.25, 0.3) is 0 Å². The van der Waals surface area contributed by atoms with Gasteiger partial charge in [0.15, 0.2) is 9.84 Å². The number of nitrogens with zero attached hydrogens (tertiary/aromatic N) is 2. The van der Waals surface area contributed by atoms with Crippen molar-refractivity contribution < 1.29 is 13.2 Å². The minimum Gasteiger partial charge on any atom is -0.334 e. The third kappa shape index (κ3) is 2.60. The second-order valence-electron chi connectivity index (χ2n) is 3.87. The zero-order chi connectivity index (χ0) is 11.6. The van der Waals surface area contributed by atoms with Gasteiger partial charge in [0.25, 0.3) is 0 Å². The van der Waals surface area contributed by atoms with Crippen LogP contribution in [0.3, 0.4) is 0 Å². The summed E-state index contributed by atoms with van der Waals surface area (Å²) in [5.74, 6) is 0.262. The van der Waals surface area contributed by atoms with Crippen molar-refractivity contribution in [2.24, 2.45) is 0 Å². The average Bonchev–Trinajstić information content (AvgIpc) is 2.68. The largest absolute Gasteiger partial charge is 0.334 e. The van der Waals surface area contributed by atoms with E-state index in [1.165, 1.54) is 23.3 Å². The Morgan fingerprint density at radius 3 is 2.94 bits per heavy atom. The molecular formula is C9H13N3O3S. The second-order valence-corrected chi connectivity index (χ2v) is 6.10. The van der Waals surface area contributed by atoms with Crippen molar-refractivity contribution in [2.75, 3.05) is 11.5 Å². The molecule has 1 aliphatic heterocycles. The Bertz CT molecular complexity index is 466. The summed E-state index contributed by atoms with van der Waals surface area (Å²) < 4.78 is 24.0. The van der Waals surface area contributed by atoms with Gasteiger partial charge in [-0.05, 0) is 12.8 Å². The predicted octanol–water partition coefficient (Wildman–Crippen LogP) is 0.0180. The number of hydrogen-bond acceptors (Lipinski definition) is 4. The van der Waals surface area contributed by atoms with E-state index in [9.17, 15) is 13.2 Å². The predicted molar refractivity (Wildman–Crippen MR) is 57.8 cm³/mol. The first-order valence-corrected chi connectivity index (χ1v) is 6.88. The Morgan fingerprint density at radius 1 is 1.50 bits per heavy atom. The molecule has 1 aliphatic rings. The van der Waals surface area contributed by atoms with Crippen LogP contribution in [0.2, 0.25) is 0 Å². The highest BCUT2D eigenvalue weighted by molar-refractivity contribution is 7.91. The lowest BCUT2D eigenvalue weighted by molar-refractivity contribution is 0.238. The number of carbonyl (C=O) groups is 1. The summed E-state index contributed by atoms with van der Waals surface area (Å²) in [4.78, 5) is 15.4. The molecule has 0 aromatic carbocycles. The first-order valence-electron chi connectivity index (χ1n) is 5.06. The number of amides is 1. The molecule has 1 fully saturated rings. The lowest BCUT2D eigenvalue weighted by Gasteiger charge is -2.22. The van der Waals surface area contributed by atoms with Crippen LogP contribution in [0.1, 0.15) is 12.8 Å². The highest BCUT2D eigenvalue weighted by Crippen LogP contribution is 2.12. The van der Waals surface area contributed by atoms with E-state index >= 15 is 0 Å². The van der Waals surface area contributed by atoms with E-state index in [1.54, 1.807) is 0 Å². The molecule has 6 nitrogen and oxygen atoms in total. The van der Waals surface area contributed by atoms with Crippen molar-refractivity contribution in [3.63, 3.8) is 0 Å². The van der Waals surface area contributed by atoms with Gasteiger partial charge in [-0.3, -0.25) is 4.57 Å². The van der Waals surface area contributed by atoms with Crippen LogP contribution in [-0.2, 0) is 9.84 Å². The fourth-order valence-electron chi connectivity index (χ4n) is 1.77. The maximum absolute atomic E-state index is 11.6. The topological polar surface area (TPSA) is 81.1 Å². The summed E-state index contributed by atoms with van der Waals surface area (Å²) in [6.07, 6.45) is 5.72. The fraction of sp³-hybridized carbons (Fsp3) is 0.556. The summed E-state index contributed by atoms with van der Waals surface area (Å²) in [7, 11) is -2.99. The Kier molecular flexibility index (Phi) is 2.95. The number of carbonyl (C=O) groups excluding carboxylic acids is 1. The normalized spacial score (nSPS) is 23.9. The number of nitrogens with one attached hydrogen (secondary N) is 1. The monoisotopic (exact) mass is 243 g/mol. The van der Waals surface area contributed by atoms with Crippen LogP contribution in [0.15, 0.2) is 18.7 Å². The first-order chi connectivity index (χ1) is 7.57. The third-order valence-electron chi connectivity index (χ3n) is 2.53. The number of rotatable bonds is 1. The molecule has 0 spiro atoms. The van der Waals surface area contributed by atoms with Crippen molar-refractivity contribution in [2.45, 2.75) is 18.9 Å². The lowest BCUT2D eigenvalue weighted by atomic mass is 10.2. The minimum atomic E-state index is -2.99. The van der Waals surface area contributed by atoms with Gasteiger partial charge in [-0.2, -0.15) is 0 Å². The zero-order valence-electron chi connectivity index (χ0n) is 8.67. The van der Waals surface area contributed by atoms with E-state index in [-0.39, 0.29) is 23.6 Å². The van der Waals surface area contributed by atoms with E-state index in [0.29, 0.717) is 12.8 Å². The maximum atomic E-state index is 11.6. The molecular weight excluding hydrogens is 230 g/mol. The quantitative estimate of drug-likeness (QED) is 0.753. The van der Waals surface area contributed by atoms with Crippen LogP contribution >= 0.6 is 0 Å². The van der Waals surface area contributed by atoms with Crippen LogP contribution in [-0.4, -0.2) is 41.5 Å². The minimum absolute atomic E-state index is 0.0352. The number of aromatic nitrogens is 2. The van der Waals surface area contributed by atoms with Crippen LogP contribution < -0.4 is 5.32 Å². The van der Waals surface area contributed by atoms with Gasteiger partial charge in [0, 0.05) is 18.4 Å². The Hall–Kier alpha value is -1.37. The Labute approximate surface area is 93.6 Å². The van der Waals surface area contributed by atoms with E-state index in [1.807, 2.05) is 0 Å². The van der Waals surface area contributed by atoms with Crippen LogP contribution in [0.4, 0.5) is 4.79 Å². The van der Waals surface area contributed by atoms with Crippen molar-refractivity contribution >= 4 is 15.9 Å². The molecule has 7 heteroatoms. The van der Waals surface area contributed by atoms with Gasteiger partial charge in [0.2, 0.25) is 0 Å². The van der Waals surface area contributed by atoms with Gasteiger partial charge in [-0.25, -0.2) is 18.2 Å². The molecule has 0 bridgehead atoms. The van der Waals surface area contributed by atoms with E-state index in [2.05, 4.69) is 10.3 Å². The average molecular weight is 243 g/mol. The third-order valence-corrected chi connectivity index (χ3v) is 4.35. The lowest BCUT2D eigenvalue weighted by Crippen LogP contribution is -2.44. The van der Waals surface area contributed by atoms with Crippen molar-refractivity contribution in [1.29, 1.82) is 0 Å². The van der Waals surface area contributed by atoms with Gasteiger partial charge in [0.1, 0.15) is 6.33 Å². The molecule has 1 saturated heterocycles. The zero-order valence-corrected chi connectivity index (χ0v) is 9.48. The van der Waals surface area contributed by atoms with Crippen molar-refractivity contribution in [1.82, 2.24) is 14.9 Å². The van der Waals surface area contributed by atoms with E-state index in [0.717, 1.165) is 0 Å². The molecule has 2 rings (SSSR count). The number of sulfone groups is 1. The molecule has 0 saturated carbocycles. The molecule has 1 atom stereocenters. The molecule has 16 heavy (non-hydrogen) atoms. The highest BCUT2D eigenvalue weighted by atomic mass is 32.2. The molecule has 2 heterocycles. The number of hydrogen-bond donors (Lipinski definition) is 1. The van der Waals surface area contributed by atoms with Crippen molar-refractivity contribution in [3.8, 4) is 0 Å². The SMILES string of the molecule is O=C(NC1CCCS(=O)(=O)C1)n1ccnc1. The first kappa shape index (κ1) is 11.1. The smallest absolute Gasteiger partial charge is 0.327 e. The molecule has 0 radical (unpaired) electrons. The van der Waals surface area contributed by atoms with Crippen LogP contribution in [0.5, 0.6) is 0 Å². The van der Waals surface area contributed by atoms with Gasteiger partial charge < -0.3 is 5.32 Å². The molecule has 88 valence electrons. The standard InChI is InChI=1S/C9H13N3O3S/c13-9(12-4-3-10-7-12)11-8-2-1-5-16(14,15)6-8/h3-4,7-8H,1-2,5-6H2,(H,11,13). The molecule has 1 N–H and O–H groups in total. The molecule has 1 aromatic rings. The summed E-state index contributed by atoms with van der Waals surface area (Å²) in [5, 5.41) is 2.68. The molecule has 1 amide bonds. The summed E-state index contributed by atoms with van der Waals surface area (Å²) in [5.41, 5.74) is 0. The molecule has 1 aromatic heterocycles. The van der Waals surface area contributed by atoms with E-state index in [4.69, 9.17) is 0 Å². The second kappa shape index (κ2) is 4.25. The van der Waals surface area contributed by atoms with E-state index < -0.39 is 9.84 Å². The van der Waals surface area contributed by atoms with Gasteiger partial charge >= 0.3 is 6.03 Å². The van der Waals surface area contributed by atoms with Crippen molar-refractivity contribution in [3.05, 3.63) is 18.7 Å². The summed E-state index contributed by atoms with van der Waals surface area (Å²) in [6.45, 7) is 0. The van der Waals surface area contributed by atoms with Crippen LogP contribution in [0, 0.1) is 0 Å². The molecule has 1 unspecified atom stereocenters. The Morgan fingerprint density at radius 2 is 2.31 bits per heavy atom. The highest BCUT2D eigenvalue weighted by Gasteiger charge is 2.25. The Balaban J connectivity index is 1.98. The summed E-state index contributed by atoms with van der Waals surface area (Å²) >= 11 is 0. The molecule has 0 aliphatic carbocycles. The fourth-order valence-corrected chi connectivity index (χ4v) is 3.40. The summed E-state index contributed by atoms with van der Waals surface area (Å²) in [6, 6.07) is -0.617. The van der Waals surface area contributed by atoms with Gasteiger partial charge in [0.05, 0.1) is 11.5 Å².